The summed E-state index contributed by atoms with van der Waals surface area (Å²) in [7, 11) is 0. The Hall–Kier alpha value is -0.890. The van der Waals surface area contributed by atoms with Gasteiger partial charge in [-0.2, -0.15) is 0 Å². The molecule has 0 aromatic carbocycles. The Labute approximate surface area is 92.9 Å². The average Bonchev–Trinajstić information content (AvgIpc) is 2.32. The second-order valence-electron chi connectivity index (χ2n) is 4.11. The molecule has 2 N–H and O–H groups in total. The van der Waals surface area contributed by atoms with Crippen molar-refractivity contribution in [3.05, 3.63) is 30.1 Å². The van der Waals surface area contributed by atoms with Gasteiger partial charge < -0.3 is 5.73 Å². The van der Waals surface area contributed by atoms with Crippen LogP contribution in [0.15, 0.2) is 24.4 Å². The van der Waals surface area contributed by atoms with Crippen molar-refractivity contribution in [2.75, 3.05) is 6.54 Å². The molecular formula is C13H22N2. The van der Waals surface area contributed by atoms with E-state index in [9.17, 15) is 0 Å². The van der Waals surface area contributed by atoms with Crippen LogP contribution in [0.5, 0.6) is 0 Å². The fourth-order valence-corrected chi connectivity index (χ4v) is 1.98. The molecule has 0 bridgehead atoms. The molecule has 1 atom stereocenters. The lowest BCUT2D eigenvalue weighted by Gasteiger charge is -2.19. The molecular weight excluding hydrogens is 184 g/mol. The Morgan fingerprint density at radius 2 is 2.00 bits per heavy atom. The summed E-state index contributed by atoms with van der Waals surface area (Å²) < 4.78 is 0. The molecule has 0 radical (unpaired) electrons. The first-order valence-corrected chi connectivity index (χ1v) is 5.92. The molecule has 0 fully saturated rings. The van der Waals surface area contributed by atoms with Gasteiger partial charge in [0, 0.05) is 24.4 Å². The maximum absolute atomic E-state index is 5.82. The van der Waals surface area contributed by atoms with Gasteiger partial charge in [0.15, 0.2) is 0 Å². The molecule has 0 amide bonds. The third-order valence-electron chi connectivity index (χ3n) is 3.16. The van der Waals surface area contributed by atoms with Crippen molar-refractivity contribution in [1.29, 1.82) is 0 Å². The molecule has 0 spiro atoms. The number of nitrogens with zero attached hydrogens (tertiary/aromatic N) is 1. The van der Waals surface area contributed by atoms with Crippen LogP contribution in [0, 0.1) is 5.92 Å². The van der Waals surface area contributed by atoms with E-state index in [0.717, 1.165) is 11.6 Å². The number of rotatable bonds is 6. The highest BCUT2D eigenvalue weighted by Crippen LogP contribution is 2.24. The third kappa shape index (κ3) is 3.63. The van der Waals surface area contributed by atoms with Crippen LogP contribution in [0.1, 0.15) is 44.7 Å². The Kier molecular flexibility index (Phi) is 5.33. The normalized spacial score (nSPS) is 13.1. The molecule has 15 heavy (non-hydrogen) atoms. The van der Waals surface area contributed by atoms with Crippen LogP contribution in [-0.4, -0.2) is 11.5 Å². The van der Waals surface area contributed by atoms with Crippen LogP contribution in [0.25, 0.3) is 0 Å². The number of hydrogen-bond donors (Lipinski definition) is 1. The molecule has 1 heterocycles. The molecule has 0 aliphatic heterocycles. The highest BCUT2D eigenvalue weighted by Gasteiger charge is 2.15. The summed E-state index contributed by atoms with van der Waals surface area (Å²) in [6.45, 7) is 5.20. The molecule has 84 valence electrons. The van der Waals surface area contributed by atoms with Gasteiger partial charge in [0.2, 0.25) is 0 Å². The van der Waals surface area contributed by atoms with Gasteiger partial charge in [-0.1, -0.05) is 32.8 Å². The van der Waals surface area contributed by atoms with Gasteiger partial charge in [-0.05, 0) is 24.5 Å². The lowest BCUT2D eigenvalue weighted by molar-refractivity contribution is 0.409. The minimum atomic E-state index is 0.427. The minimum absolute atomic E-state index is 0.427. The number of aromatic nitrogens is 1. The van der Waals surface area contributed by atoms with Crippen molar-refractivity contribution in [3.8, 4) is 0 Å². The Morgan fingerprint density at radius 1 is 1.27 bits per heavy atom. The van der Waals surface area contributed by atoms with Crippen molar-refractivity contribution in [2.24, 2.45) is 11.7 Å². The third-order valence-corrected chi connectivity index (χ3v) is 3.16. The monoisotopic (exact) mass is 206 g/mol. The van der Waals surface area contributed by atoms with Gasteiger partial charge in [0.25, 0.3) is 0 Å². The fraction of sp³-hybridized carbons (Fsp3) is 0.615. The standard InChI is InChI=1S/C13H22N2/c1-3-11(4-2)9-12(10-14)13-7-5-6-8-15-13/h5-8,11-12H,3-4,9-10,14H2,1-2H3/t12-/m0/s1. The second kappa shape index (κ2) is 6.57. The van der Waals surface area contributed by atoms with E-state index in [1.54, 1.807) is 0 Å². The summed E-state index contributed by atoms with van der Waals surface area (Å²) in [4.78, 5) is 4.39. The zero-order valence-corrected chi connectivity index (χ0v) is 9.82. The molecule has 0 aliphatic carbocycles. The highest BCUT2D eigenvalue weighted by molar-refractivity contribution is 5.10. The fourth-order valence-electron chi connectivity index (χ4n) is 1.98. The lowest BCUT2D eigenvalue weighted by atomic mass is 9.88. The second-order valence-corrected chi connectivity index (χ2v) is 4.11. The van der Waals surface area contributed by atoms with Crippen molar-refractivity contribution in [3.63, 3.8) is 0 Å². The molecule has 0 saturated heterocycles. The van der Waals surface area contributed by atoms with Crippen molar-refractivity contribution in [2.45, 2.75) is 39.0 Å². The highest BCUT2D eigenvalue weighted by atomic mass is 14.7. The molecule has 1 aromatic rings. The zero-order chi connectivity index (χ0) is 11.1. The lowest BCUT2D eigenvalue weighted by Crippen LogP contribution is -2.17. The van der Waals surface area contributed by atoms with Crippen LogP contribution in [-0.2, 0) is 0 Å². The molecule has 2 nitrogen and oxygen atoms in total. The van der Waals surface area contributed by atoms with Gasteiger partial charge in [-0.3, -0.25) is 4.98 Å². The number of nitrogens with two attached hydrogens (primary N) is 1. The van der Waals surface area contributed by atoms with Gasteiger partial charge >= 0.3 is 0 Å². The maximum atomic E-state index is 5.82. The van der Waals surface area contributed by atoms with E-state index in [-0.39, 0.29) is 0 Å². The van der Waals surface area contributed by atoms with Crippen LogP contribution in [0.3, 0.4) is 0 Å². The molecule has 2 heteroatoms. The summed E-state index contributed by atoms with van der Waals surface area (Å²) in [6.07, 6.45) is 5.49. The maximum Gasteiger partial charge on any atom is 0.0447 e. The van der Waals surface area contributed by atoms with E-state index in [0.29, 0.717) is 12.5 Å². The number of hydrogen-bond acceptors (Lipinski definition) is 2. The van der Waals surface area contributed by atoms with E-state index < -0.39 is 0 Å². The van der Waals surface area contributed by atoms with E-state index in [1.165, 1.54) is 19.3 Å². The minimum Gasteiger partial charge on any atom is -0.330 e. The smallest absolute Gasteiger partial charge is 0.0447 e. The van der Waals surface area contributed by atoms with Gasteiger partial charge in [-0.15, -0.1) is 0 Å². The first-order valence-electron chi connectivity index (χ1n) is 5.92. The Bertz CT molecular complexity index is 254. The van der Waals surface area contributed by atoms with Crippen molar-refractivity contribution in [1.82, 2.24) is 4.98 Å². The molecule has 1 rings (SSSR count). The molecule has 0 unspecified atom stereocenters. The first-order chi connectivity index (χ1) is 7.31. The van der Waals surface area contributed by atoms with Crippen LogP contribution >= 0.6 is 0 Å². The van der Waals surface area contributed by atoms with E-state index in [4.69, 9.17) is 5.73 Å². The average molecular weight is 206 g/mol. The molecule has 0 saturated carbocycles. The Morgan fingerprint density at radius 3 is 2.47 bits per heavy atom. The van der Waals surface area contributed by atoms with Crippen LogP contribution in [0.2, 0.25) is 0 Å². The summed E-state index contributed by atoms with van der Waals surface area (Å²) in [5.74, 6) is 1.21. The quantitative estimate of drug-likeness (QED) is 0.777. The van der Waals surface area contributed by atoms with E-state index in [2.05, 4.69) is 24.9 Å². The van der Waals surface area contributed by atoms with Gasteiger partial charge in [-0.25, -0.2) is 0 Å². The Balaban J connectivity index is 2.64. The van der Waals surface area contributed by atoms with Crippen LogP contribution < -0.4 is 5.73 Å². The summed E-state index contributed by atoms with van der Waals surface area (Å²) in [6, 6.07) is 6.08. The summed E-state index contributed by atoms with van der Waals surface area (Å²) >= 11 is 0. The number of pyridine rings is 1. The molecule has 0 aliphatic rings. The zero-order valence-electron chi connectivity index (χ0n) is 9.82. The van der Waals surface area contributed by atoms with Gasteiger partial charge in [0.1, 0.15) is 0 Å². The predicted octanol–water partition coefficient (Wildman–Crippen LogP) is 2.95. The van der Waals surface area contributed by atoms with E-state index >= 15 is 0 Å². The van der Waals surface area contributed by atoms with E-state index in [1.807, 2.05) is 18.3 Å². The predicted molar refractivity (Wildman–Crippen MR) is 64.7 cm³/mol. The summed E-state index contributed by atoms with van der Waals surface area (Å²) in [5, 5.41) is 0. The first kappa shape index (κ1) is 12.2. The van der Waals surface area contributed by atoms with Crippen molar-refractivity contribution < 1.29 is 0 Å². The summed E-state index contributed by atoms with van der Waals surface area (Å²) in [5.41, 5.74) is 6.97. The van der Waals surface area contributed by atoms with Gasteiger partial charge in [0.05, 0.1) is 0 Å². The SMILES string of the molecule is CCC(CC)C[C@@H](CN)c1ccccn1. The molecule has 1 aromatic heterocycles. The largest absolute Gasteiger partial charge is 0.330 e. The van der Waals surface area contributed by atoms with Crippen LogP contribution in [0.4, 0.5) is 0 Å². The topological polar surface area (TPSA) is 38.9 Å². The van der Waals surface area contributed by atoms with Crippen molar-refractivity contribution >= 4 is 0 Å².